The summed E-state index contributed by atoms with van der Waals surface area (Å²) in [6, 6.07) is 0. The number of hydrogen-bond acceptors (Lipinski definition) is 5. The van der Waals surface area contributed by atoms with Crippen LogP contribution in [0.1, 0.15) is 6.92 Å². The first kappa shape index (κ1) is 9.88. The standard InChI is InChI=1S/C7H14O5/c1-3-5(9)6(10)4(2-8)12-7(3)11/h3-11H,2H2,1H3/t3?,4?,5?,6-,7-/m1/s1. The first-order valence-corrected chi connectivity index (χ1v) is 3.88. The minimum atomic E-state index is -1.13. The van der Waals surface area contributed by atoms with Gasteiger partial charge in [0.2, 0.25) is 0 Å². The Bertz CT molecular complexity index is 146. The number of aliphatic hydroxyl groups is 4. The van der Waals surface area contributed by atoms with Crippen LogP contribution in [0.4, 0.5) is 0 Å². The molecule has 0 aromatic rings. The summed E-state index contributed by atoms with van der Waals surface area (Å²) in [5, 5.41) is 36.4. The maximum absolute atomic E-state index is 9.32. The molecule has 1 rings (SSSR count). The third-order valence-electron chi connectivity index (χ3n) is 2.21. The van der Waals surface area contributed by atoms with Crippen LogP contribution in [0, 0.1) is 5.92 Å². The summed E-state index contributed by atoms with van der Waals surface area (Å²) in [6.45, 7) is 1.15. The molecule has 0 radical (unpaired) electrons. The largest absolute Gasteiger partial charge is 0.394 e. The van der Waals surface area contributed by atoms with E-state index in [2.05, 4.69) is 0 Å². The molecule has 5 heteroatoms. The third kappa shape index (κ3) is 1.60. The zero-order valence-electron chi connectivity index (χ0n) is 6.79. The van der Waals surface area contributed by atoms with Gasteiger partial charge < -0.3 is 25.2 Å². The Morgan fingerprint density at radius 2 is 1.75 bits per heavy atom. The van der Waals surface area contributed by atoms with Crippen molar-refractivity contribution >= 4 is 0 Å². The lowest BCUT2D eigenvalue weighted by Gasteiger charge is -2.38. The molecule has 0 aromatic heterocycles. The van der Waals surface area contributed by atoms with Gasteiger partial charge in [0.05, 0.1) is 12.7 Å². The molecular formula is C7H14O5. The molecule has 1 aliphatic rings. The van der Waals surface area contributed by atoms with Crippen molar-refractivity contribution in [3.05, 3.63) is 0 Å². The van der Waals surface area contributed by atoms with Gasteiger partial charge in [-0.2, -0.15) is 0 Å². The zero-order valence-corrected chi connectivity index (χ0v) is 6.79. The van der Waals surface area contributed by atoms with Gasteiger partial charge in [-0.3, -0.25) is 0 Å². The van der Waals surface area contributed by atoms with E-state index in [-0.39, 0.29) is 0 Å². The van der Waals surface area contributed by atoms with Crippen LogP contribution in [-0.4, -0.2) is 51.6 Å². The Morgan fingerprint density at radius 3 is 2.25 bits per heavy atom. The number of rotatable bonds is 1. The highest BCUT2D eigenvalue weighted by molar-refractivity contribution is 4.86. The minimum absolute atomic E-state index is 0.415. The Kier molecular flexibility index (Phi) is 3.03. The van der Waals surface area contributed by atoms with E-state index in [9.17, 15) is 10.2 Å². The topological polar surface area (TPSA) is 90.2 Å². The molecule has 0 aromatic carbocycles. The van der Waals surface area contributed by atoms with Crippen molar-refractivity contribution in [1.29, 1.82) is 0 Å². The van der Waals surface area contributed by atoms with Gasteiger partial charge in [-0.1, -0.05) is 6.92 Å². The lowest BCUT2D eigenvalue weighted by Crippen LogP contribution is -2.54. The van der Waals surface area contributed by atoms with Gasteiger partial charge in [0.15, 0.2) is 6.29 Å². The summed E-state index contributed by atoms with van der Waals surface area (Å²) in [4.78, 5) is 0. The van der Waals surface area contributed by atoms with E-state index in [0.29, 0.717) is 0 Å². The highest BCUT2D eigenvalue weighted by Crippen LogP contribution is 2.23. The Labute approximate surface area is 70.2 Å². The molecule has 1 aliphatic heterocycles. The van der Waals surface area contributed by atoms with E-state index in [1.165, 1.54) is 0 Å². The highest BCUT2D eigenvalue weighted by Gasteiger charge is 2.40. The molecule has 0 bridgehead atoms. The number of aliphatic hydroxyl groups excluding tert-OH is 4. The molecule has 1 heterocycles. The van der Waals surface area contributed by atoms with Crippen LogP contribution in [0.15, 0.2) is 0 Å². The first-order valence-electron chi connectivity index (χ1n) is 3.88. The van der Waals surface area contributed by atoms with Crippen LogP contribution in [-0.2, 0) is 4.74 Å². The SMILES string of the molecule is CC1C(O)[C@H](O)C(CO)O[C@H]1O. The fourth-order valence-corrected chi connectivity index (χ4v) is 1.23. The lowest BCUT2D eigenvalue weighted by molar-refractivity contribution is -0.266. The predicted octanol–water partition coefficient (Wildman–Crippen LogP) is -1.95. The summed E-state index contributed by atoms with van der Waals surface area (Å²) >= 11 is 0. The zero-order chi connectivity index (χ0) is 9.30. The molecular weight excluding hydrogens is 164 g/mol. The summed E-state index contributed by atoms with van der Waals surface area (Å²) in [5.41, 5.74) is 0. The molecule has 12 heavy (non-hydrogen) atoms. The van der Waals surface area contributed by atoms with Crippen molar-refractivity contribution < 1.29 is 25.2 Å². The minimum Gasteiger partial charge on any atom is -0.394 e. The average molecular weight is 178 g/mol. The van der Waals surface area contributed by atoms with Crippen LogP contribution < -0.4 is 0 Å². The normalized spacial score (nSPS) is 49.2. The second-order valence-electron chi connectivity index (χ2n) is 3.09. The van der Waals surface area contributed by atoms with Gasteiger partial charge in [0.1, 0.15) is 12.2 Å². The second-order valence-corrected chi connectivity index (χ2v) is 3.09. The van der Waals surface area contributed by atoms with E-state index in [4.69, 9.17) is 14.9 Å². The highest BCUT2D eigenvalue weighted by atomic mass is 16.6. The number of ether oxygens (including phenoxy) is 1. The summed E-state index contributed by atoms with van der Waals surface area (Å²) in [5.74, 6) is -0.539. The molecule has 5 atom stereocenters. The molecule has 0 amide bonds. The van der Waals surface area contributed by atoms with Crippen molar-refractivity contribution in [2.45, 2.75) is 31.5 Å². The maximum atomic E-state index is 9.32. The quantitative estimate of drug-likeness (QED) is 0.375. The van der Waals surface area contributed by atoms with Crippen LogP contribution >= 0.6 is 0 Å². The van der Waals surface area contributed by atoms with Gasteiger partial charge in [-0.05, 0) is 0 Å². The van der Waals surface area contributed by atoms with E-state index >= 15 is 0 Å². The molecule has 4 N–H and O–H groups in total. The summed E-state index contributed by atoms with van der Waals surface area (Å²) in [6.07, 6.45) is -4.20. The van der Waals surface area contributed by atoms with E-state index in [1.54, 1.807) is 6.92 Å². The molecule has 1 saturated heterocycles. The van der Waals surface area contributed by atoms with Crippen LogP contribution in [0.25, 0.3) is 0 Å². The molecule has 5 nitrogen and oxygen atoms in total. The van der Waals surface area contributed by atoms with Crippen molar-refractivity contribution in [1.82, 2.24) is 0 Å². The van der Waals surface area contributed by atoms with E-state index in [1.807, 2.05) is 0 Å². The van der Waals surface area contributed by atoms with Crippen molar-refractivity contribution in [3.63, 3.8) is 0 Å². The van der Waals surface area contributed by atoms with Gasteiger partial charge in [0.25, 0.3) is 0 Å². The van der Waals surface area contributed by atoms with E-state index in [0.717, 1.165) is 0 Å². The Morgan fingerprint density at radius 1 is 1.17 bits per heavy atom. The van der Waals surface area contributed by atoms with Gasteiger partial charge in [0, 0.05) is 5.92 Å². The fraction of sp³-hybridized carbons (Fsp3) is 1.00. The van der Waals surface area contributed by atoms with Crippen LogP contribution in [0.2, 0.25) is 0 Å². The molecule has 1 fully saturated rings. The van der Waals surface area contributed by atoms with Crippen molar-refractivity contribution in [2.24, 2.45) is 5.92 Å². The third-order valence-corrected chi connectivity index (χ3v) is 2.21. The van der Waals surface area contributed by atoms with Crippen LogP contribution in [0.3, 0.4) is 0 Å². The molecule has 0 spiro atoms. The maximum Gasteiger partial charge on any atom is 0.160 e. The molecule has 0 saturated carbocycles. The monoisotopic (exact) mass is 178 g/mol. The van der Waals surface area contributed by atoms with Crippen molar-refractivity contribution in [2.75, 3.05) is 6.61 Å². The lowest BCUT2D eigenvalue weighted by atomic mass is 9.93. The molecule has 3 unspecified atom stereocenters. The summed E-state index contributed by atoms with van der Waals surface area (Å²) < 4.78 is 4.83. The van der Waals surface area contributed by atoms with Crippen LogP contribution in [0.5, 0.6) is 0 Å². The van der Waals surface area contributed by atoms with Gasteiger partial charge in [-0.25, -0.2) is 0 Å². The fourth-order valence-electron chi connectivity index (χ4n) is 1.23. The molecule has 72 valence electrons. The smallest absolute Gasteiger partial charge is 0.160 e. The summed E-state index contributed by atoms with van der Waals surface area (Å²) in [7, 11) is 0. The van der Waals surface area contributed by atoms with E-state index < -0.39 is 37.1 Å². The van der Waals surface area contributed by atoms with Gasteiger partial charge >= 0.3 is 0 Å². The van der Waals surface area contributed by atoms with Gasteiger partial charge in [-0.15, -0.1) is 0 Å². The first-order chi connectivity index (χ1) is 5.57. The molecule has 0 aliphatic carbocycles. The second kappa shape index (κ2) is 3.68. The number of hydrogen-bond donors (Lipinski definition) is 4. The Hall–Kier alpha value is -0.200. The van der Waals surface area contributed by atoms with Crippen molar-refractivity contribution in [3.8, 4) is 0 Å². The Balaban J connectivity index is 2.63. The average Bonchev–Trinajstić information content (AvgIpc) is 2.08. The predicted molar refractivity (Wildman–Crippen MR) is 39.1 cm³/mol.